The van der Waals surface area contributed by atoms with Crippen LogP contribution < -0.4 is 10.2 Å². The lowest BCUT2D eigenvalue weighted by Gasteiger charge is -2.36. The predicted octanol–water partition coefficient (Wildman–Crippen LogP) is 3.94. The molecule has 2 N–H and O–H groups in total. The van der Waals surface area contributed by atoms with Gasteiger partial charge in [0.1, 0.15) is 17.3 Å². The summed E-state index contributed by atoms with van der Waals surface area (Å²) in [6.45, 7) is 1.84. The van der Waals surface area contributed by atoms with Crippen LogP contribution in [-0.2, 0) is 27.6 Å². The molecule has 2 heterocycles. The smallest absolute Gasteiger partial charge is 0.432 e. The fourth-order valence-corrected chi connectivity index (χ4v) is 5.39. The third-order valence-electron chi connectivity index (χ3n) is 5.50. The number of halogens is 1. The molecule has 0 saturated heterocycles. The summed E-state index contributed by atoms with van der Waals surface area (Å²) in [5.74, 6) is 0.230. The zero-order valence-corrected chi connectivity index (χ0v) is 19.0. The van der Waals surface area contributed by atoms with Gasteiger partial charge in [-0.15, -0.1) is 0 Å². The van der Waals surface area contributed by atoms with Crippen molar-refractivity contribution in [3.8, 4) is 11.5 Å². The van der Waals surface area contributed by atoms with Crippen LogP contribution in [0.5, 0.6) is 11.5 Å². The van der Waals surface area contributed by atoms with Gasteiger partial charge in [0, 0.05) is 24.5 Å². The van der Waals surface area contributed by atoms with Crippen LogP contribution >= 0.6 is 0 Å². The summed E-state index contributed by atoms with van der Waals surface area (Å²) in [5.41, 5.74) is 2.67. The summed E-state index contributed by atoms with van der Waals surface area (Å²) in [6.07, 6.45) is 1.05. The Bertz CT molecular complexity index is 1290. The molecule has 1 aliphatic heterocycles. The van der Waals surface area contributed by atoms with Crippen LogP contribution in [0.4, 0.5) is 9.18 Å². The van der Waals surface area contributed by atoms with Crippen LogP contribution in [-0.4, -0.2) is 35.6 Å². The lowest BCUT2D eigenvalue weighted by atomic mass is 9.92. The number of aryl methyl sites for hydroxylation is 1. The second-order valence-corrected chi connectivity index (χ2v) is 9.33. The van der Waals surface area contributed by atoms with Crippen molar-refractivity contribution in [2.45, 2.75) is 30.9 Å². The standard InChI is InChI=1S/C23H22FN3O6S/c1-2-15-3-8-20(24)21-19(15)11-14-27(22(21)33-23(28)26-29)34(30,31)18-6-4-16(5-7-18)32-17-9-12-25-13-10-17/h3-10,12-13,22,29H,2,11,14H2,1H3,(H,26,28). The maximum atomic E-state index is 14.9. The minimum Gasteiger partial charge on any atom is -0.457 e. The highest BCUT2D eigenvalue weighted by molar-refractivity contribution is 7.89. The molecule has 11 heteroatoms. The number of hydrogen-bond acceptors (Lipinski definition) is 7. The number of nitrogens with one attached hydrogen (secondary N) is 1. The largest absolute Gasteiger partial charge is 0.457 e. The first-order chi connectivity index (χ1) is 16.3. The number of rotatable bonds is 6. The van der Waals surface area contributed by atoms with Crippen molar-refractivity contribution >= 4 is 16.1 Å². The maximum absolute atomic E-state index is 14.9. The Morgan fingerprint density at radius 2 is 1.82 bits per heavy atom. The second-order valence-electron chi connectivity index (χ2n) is 7.44. The Labute approximate surface area is 195 Å². The van der Waals surface area contributed by atoms with E-state index in [1.54, 1.807) is 30.6 Å². The number of carbonyl (C=O) groups excluding carboxylic acids is 1. The molecular formula is C23H22FN3O6S. The molecule has 0 saturated carbocycles. The van der Waals surface area contributed by atoms with E-state index >= 15 is 0 Å². The summed E-state index contributed by atoms with van der Waals surface area (Å²) in [4.78, 5) is 15.6. The fourth-order valence-electron chi connectivity index (χ4n) is 3.91. The summed E-state index contributed by atoms with van der Waals surface area (Å²) >= 11 is 0. The Morgan fingerprint density at radius 1 is 1.15 bits per heavy atom. The molecule has 0 radical (unpaired) electrons. The van der Waals surface area contributed by atoms with Gasteiger partial charge in [0.2, 0.25) is 10.0 Å². The van der Waals surface area contributed by atoms with Gasteiger partial charge in [0.05, 0.1) is 4.90 Å². The molecule has 178 valence electrons. The van der Waals surface area contributed by atoms with E-state index in [9.17, 15) is 17.6 Å². The van der Waals surface area contributed by atoms with Gasteiger partial charge in [-0.25, -0.2) is 23.1 Å². The van der Waals surface area contributed by atoms with Crippen molar-refractivity contribution in [3.05, 3.63) is 83.4 Å². The van der Waals surface area contributed by atoms with Crippen molar-refractivity contribution < 1.29 is 32.3 Å². The number of ether oxygens (including phenoxy) is 2. The van der Waals surface area contributed by atoms with Crippen molar-refractivity contribution in [2.75, 3.05) is 6.54 Å². The molecular weight excluding hydrogens is 465 g/mol. The molecule has 9 nitrogen and oxygen atoms in total. The van der Waals surface area contributed by atoms with Crippen molar-refractivity contribution in [2.24, 2.45) is 0 Å². The quantitative estimate of drug-likeness (QED) is 0.399. The van der Waals surface area contributed by atoms with Gasteiger partial charge >= 0.3 is 6.09 Å². The lowest BCUT2D eigenvalue weighted by Crippen LogP contribution is -2.43. The Balaban J connectivity index is 1.69. The number of benzene rings is 2. The number of hydrogen-bond donors (Lipinski definition) is 2. The molecule has 1 aromatic heterocycles. The normalized spacial score (nSPS) is 15.9. The average molecular weight is 488 g/mol. The minimum atomic E-state index is -4.22. The second kappa shape index (κ2) is 9.75. The highest BCUT2D eigenvalue weighted by Gasteiger charge is 2.41. The summed E-state index contributed by atoms with van der Waals surface area (Å²) in [7, 11) is -4.22. The number of nitrogens with zero attached hydrogens (tertiary/aromatic N) is 2. The number of sulfonamides is 1. The molecule has 4 rings (SSSR count). The third-order valence-corrected chi connectivity index (χ3v) is 7.36. The number of hydroxylamine groups is 1. The average Bonchev–Trinajstić information content (AvgIpc) is 2.85. The van der Waals surface area contributed by atoms with Gasteiger partial charge in [-0.1, -0.05) is 13.0 Å². The molecule has 0 fully saturated rings. The van der Waals surface area contributed by atoms with E-state index in [1.165, 1.54) is 35.8 Å². The van der Waals surface area contributed by atoms with Gasteiger partial charge in [-0.3, -0.25) is 10.2 Å². The summed E-state index contributed by atoms with van der Waals surface area (Å²) in [6, 6.07) is 11.8. The first kappa shape index (κ1) is 23.6. The molecule has 0 spiro atoms. The Hall–Kier alpha value is -3.54. The first-order valence-electron chi connectivity index (χ1n) is 10.5. The van der Waals surface area contributed by atoms with E-state index in [0.717, 1.165) is 9.87 Å². The zero-order chi connectivity index (χ0) is 24.3. The number of amides is 1. The molecule has 0 aliphatic carbocycles. The van der Waals surface area contributed by atoms with Gasteiger partial charge in [-0.2, -0.15) is 4.31 Å². The van der Waals surface area contributed by atoms with Crippen LogP contribution in [0.3, 0.4) is 0 Å². The van der Waals surface area contributed by atoms with Crippen LogP contribution in [0, 0.1) is 5.82 Å². The monoisotopic (exact) mass is 487 g/mol. The van der Waals surface area contributed by atoms with E-state index in [4.69, 9.17) is 14.7 Å². The predicted molar refractivity (Wildman–Crippen MR) is 118 cm³/mol. The third kappa shape index (κ3) is 4.58. The highest BCUT2D eigenvalue weighted by atomic mass is 32.2. The molecule has 1 amide bonds. The van der Waals surface area contributed by atoms with Crippen LogP contribution in [0.1, 0.15) is 29.8 Å². The van der Waals surface area contributed by atoms with E-state index in [0.29, 0.717) is 23.5 Å². The van der Waals surface area contributed by atoms with Crippen molar-refractivity contribution in [3.63, 3.8) is 0 Å². The van der Waals surface area contributed by atoms with Crippen LogP contribution in [0.2, 0.25) is 0 Å². The van der Waals surface area contributed by atoms with Crippen LogP contribution in [0.25, 0.3) is 0 Å². The number of aromatic nitrogens is 1. The van der Waals surface area contributed by atoms with Crippen molar-refractivity contribution in [1.29, 1.82) is 0 Å². The maximum Gasteiger partial charge on any atom is 0.432 e. The fraction of sp³-hybridized carbons (Fsp3) is 0.217. The van der Waals surface area contributed by atoms with E-state index < -0.39 is 28.2 Å². The lowest BCUT2D eigenvalue weighted by molar-refractivity contribution is 0.000313. The Kier molecular flexibility index (Phi) is 6.77. The minimum absolute atomic E-state index is 0.0459. The molecule has 0 bridgehead atoms. The topological polar surface area (TPSA) is 118 Å². The Morgan fingerprint density at radius 3 is 2.47 bits per heavy atom. The summed E-state index contributed by atoms with van der Waals surface area (Å²) in [5, 5.41) is 8.94. The molecule has 3 aromatic rings. The SMILES string of the molecule is CCc1ccc(F)c2c1CCN(S(=O)(=O)c1ccc(Oc3ccncc3)cc1)C2OC(=O)NO. The number of carbonyl (C=O) groups is 1. The zero-order valence-electron chi connectivity index (χ0n) is 18.1. The highest BCUT2D eigenvalue weighted by Crippen LogP contribution is 2.38. The summed E-state index contributed by atoms with van der Waals surface area (Å²) < 4.78 is 53.6. The molecule has 1 aliphatic rings. The van der Waals surface area contributed by atoms with Gasteiger partial charge < -0.3 is 9.47 Å². The molecule has 1 atom stereocenters. The van der Waals surface area contributed by atoms with Gasteiger partial charge in [-0.05, 0) is 66.4 Å². The molecule has 34 heavy (non-hydrogen) atoms. The molecule has 2 aromatic carbocycles. The first-order valence-corrected chi connectivity index (χ1v) is 11.9. The van der Waals surface area contributed by atoms with Gasteiger partial charge in [0.15, 0.2) is 6.23 Å². The van der Waals surface area contributed by atoms with Gasteiger partial charge in [0.25, 0.3) is 0 Å². The van der Waals surface area contributed by atoms with E-state index in [1.807, 2.05) is 6.92 Å². The van der Waals surface area contributed by atoms with E-state index in [2.05, 4.69) is 4.98 Å². The van der Waals surface area contributed by atoms with E-state index in [-0.39, 0.29) is 23.4 Å². The number of fused-ring (bicyclic) bond motifs is 1. The number of pyridine rings is 1. The molecule has 1 unspecified atom stereocenters. The van der Waals surface area contributed by atoms with Crippen molar-refractivity contribution in [1.82, 2.24) is 14.8 Å². The van der Waals surface area contributed by atoms with Crippen LogP contribution in [0.15, 0.2) is 65.8 Å².